The number of hydrogen-bond acceptors (Lipinski definition) is 5. The van der Waals surface area contributed by atoms with Crippen LogP contribution in [0.3, 0.4) is 0 Å². The van der Waals surface area contributed by atoms with Gasteiger partial charge in [0.2, 0.25) is 0 Å². The van der Waals surface area contributed by atoms with E-state index in [1.54, 1.807) is 21.3 Å². The lowest BCUT2D eigenvalue weighted by Gasteiger charge is -2.25. The zero-order valence-corrected chi connectivity index (χ0v) is 12.6. The van der Waals surface area contributed by atoms with Gasteiger partial charge in [-0.05, 0) is 19.1 Å². The van der Waals surface area contributed by atoms with Crippen molar-refractivity contribution in [2.24, 2.45) is 5.73 Å². The second kappa shape index (κ2) is 6.43. The second-order valence-corrected chi connectivity index (χ2v) is 5.14. The molecule has 2 N–H and O–H groups in total. The topological polar surface area (TPSA) is 57.0 Å². The van der Waals surface area contributed by atoms with Crippen molar-refractivity contribution >= 4 is 5.69 Å². The van der Waals surface area contributed by atoms with E-state index in [2.05, 4.69) is 11.0 Å². The van der Waals surface area contributed by atoms with E-state index < -0.39 is 0 Å². The molecule has 1 saturated heterocycles. The molecule has 5 heteroatoms. The molecule has 1 aliphatic heterocycles. The predicted molar refractivity (Wildman–Crippen MR) is 79.4 cm³/mol. The molecular formula is C15H24N2O3. The highest BCUT2D eigenvalue weighted by Crippen LogP contribution is 2.35. The van der Waals surface area contributed by atoms with Gasteiger partial charge >= 0.3 is 0 Å². The maximum Gasteiger partial charge on any atom is 0.125 e. The lowest BCUT2D eigenvalue weighted by atomic mass is 10.0. The van der Waals surface area contributed by atoms with Gasteiger partial charge in [-0.3, -0.25) is 0 Å². The molecule has 0 aromatic heterocycles. The second-order valence-electron chi connectivity index (χ2n) is 5.14. The summed E-state index contributed by atoms with van der Waals surface area (Å²) in [4.78, 5) is 2.25. The van der Waals surface area contributed by atoms with Crippen LogP contribution in [0.5, 0.6) is 5.75 Å². The Bertz CT molecular complexity index is 439. The first kappa shape index (κ1) is 15.1. The largest absolute Gasteiger partial charge is 0.496 e. The van der Waals surface area contributed by atoms with Crippen molar-refractivity contribution in [1.82, 2.24) is 0 Å². The lowest BCUT2D eigenvalue weighted by Crippen LogP contribution is -2.27. The molecule has 0 aliphatic carbocycles. The molecular weight excluding hydrogens is 256 g/mol. The third-order valence-corrected chi connectivity index (χ3v) is 3.88. The summed E-state index contributed by atoms with van der Waals surface area (Å²) in [7, 11) is 5.11. The first-order valence-electron chi connectivity index (χ1n) is 6.85. The third-order valence-electron chi connectivity index (χ3n) is 3.88. The molecule has 112 valence electrons. The summed E-state index contributed by atoms with van der Waals surface area (Å²) in [6.07, 6.45) is 0.152. The standard InChI is InChI=1S/C15H24N2O3/c1-10(16)15-11(6-5-7-12(15)18-2)17-8-13(19-3)14(9-17)20-4/h5-7,10,13-14H,8-9,16H2,1-4H3/t10-,13?,14?/m1/s1. The Morgan fingerprint density at radius 1 is 1.15 bits per heavy atom. The molecule has 0 saturated carbocycles. The third kappa shape index (κ3) is 2.75. The Hall–Kier alpha value is -1.30. The van der Waals surface area contributed by atoms with Gasteiger partial charge in [0, 0.05) is 44.6 Å². The number of methoxy groups -OCH3 is 3. The molecule has 3 atom stereocenters. The number of nitrogens with two attached hydrogens (primary N) is 1. The minimum atomic E-state index is -0.0938. The van der Waals surface area contributed by atoms with Crippen molar-refractivity contribution in [3.63, 3.8) is 0 Å². The fourth-order valence-electron chi connectivity index (χ4n) is 2.84. The molecule has 5 nitrogen and oxygen atoms in total. The smallest absolute Gasteiger partial charge is 0.125 e. The Kier molecular flexibility index (Phi) is 4.86. The van der Waals surface area contributed by atoms with Gasteiger partial charge in [0.15, 0.2) is 0 Å². The van der Waals surface area contributed by atoms with E-state index in [1.165, 1.54) is 0 Å². The van der Waals surface area contributed by atoms with Crippen LogP contribution in [0, 0.1) is 0 Å². The van der Waals surface area contributed by atoms with E-state index in [0.717, 1.165) is 30.1 Å². The van der Waals surface area contributed by atoms with Gasteiger partial charge in [-0.2, -0.15) is 0 Å². The molecule has 1 aliphatic rings. The number of anilines is 1. The van der Waals surface area contributed by atoms with E-state index >= 15 is 0 Å². The highest BCUT2D eigenvalue weighted by atomic mass is 16.5. The zero-order chi connectivity index (χ0) is 14.7. The average Bonchev–Trinajstić information content (AvgIpc) is 2.89. The van der Waals surface area contributed by atoms with E-state index in [-0.39, 0.29) is 18.2 Å². The maximum absolute atomic E-state index is 6.12. The summed E-state index contributed by atoms with van der Waals surface area (Å²) in [5.74, 6) is 0.826. The van der Waals surface area contributed by atoms with Crippen molar-refractivity contribution in [2.75, 3.05) is 39.3 Å². The maximum atomic E-state index is 6.12. The van der Waals surface area contributed by atoms with Crippen molar-refractivity contribution in [2.45, 2.75) is 25.2 Å². The summed E-state index contributed by atoms with van der Waals surface area (Å²) in [5, 5.41) is 0. The van der Waals surface area contributed by atoms with Crippen LogP contribution in [-0.4, -0.2) is 46.6 Å². The molecule has 1 aromatic carbocycles. The Balaban J connectivity index is 2.34. The molecule has 0 bridgehead atoms. The average molecular weight is 280 g/mol. The molecule has 0 amide bonds. The first-order valence-corrected chi connectivity index (χ1v) is 6.85. The van der Waals surface area contributed by atoms with Crippen LogP contribution < -0.4 is 15.4 Å². The SMILES string of the molecule is COc1cccc(N2CC(OC)C(OC)C2)c1[C@@H](C)N. The fourth-order valence-corrected chi connectivity index (χ4v) is 2.84. The molecule has 1 fully saturated rings. The summed E-state index contributed by atoms with van der Waals surface area (Å²) < 4.78 is 16.4. The summed E-state index contributed by atoms with van der Waals surface area (Å²) in [6, 6.07) is 5.91. The number of benzene rings is 1. The molecule has 1 heterocycles. The van der Waals surface area contributed by atoms with Crippen LogP contribution >= 0.6 is 0 Å². The summed E-state index contributed by atoms with van der Waals surface area (Å²) >= 11 is 0. The molecule has 0 spiro atoms. The van der Waals surface area contributed by atoms with Crippen LogP contribution in [0.15, 0.2) is 18.2 Å². The van der Waals surface area contributed by atoms with Crippen LogP contribution in [0.2, 0.25) is 0 Å². The van der Waals surface area contributed by atoms with Crippen LogP contribution in [0.1, 0.15) is 18.5 Å². The van der Waals surface area contributed by atoms with E-state index in [0.29, 0.717) is 0 Å². The molecule has 20 heavy (non-hydrogen) atoms. The predicted octanol–water partition coefficient (Wildman–Crippen LogP) is 1.56. The first-order chi connectivity index (χ1) is 9.62. The number of rotatable bonds is 5. The van der Waals surface area contributed by atoms with Crippen molar-refractivity contribution < 1.29 is 14.2 Å². The molecule has 2 rings (SSSR count). The number of ether oxygens (including phenoxy) is 3. The van der Waals surface area contributed by atoms with Crippen LogP contribution in [-0.2, 0) is 9.47 Å². The Labute approximate surface area is 120 Å². The van der Waals surface area contributed by atoms with Gasteiger partial charge in [-0.25, -0.2) is 0 Å². The van der Waals surface area contributed by atoms with Gasteiger partial charge in [0.1, 0.15) is 18.0 Å². The van der Waals surface area contributed by atoms with Crippen molar-refractivity contribution in [1.29, 1.82) is 0 Å². The zero-order valence-electron chi connectivity index (χ0n) is 12.6. The minimum absolute atomic E-state index is 0.0760. The quantitative estimate of drug-likeness (QED) is 0.887. The van der Waals surface area contributed by atoms with Gasteiger partial charge in [0.25, 0.3) is 0 Å². The highest BCUT2D eigenvalue weighted by Gasteiger charge is 2.34. The normalized spacial score (nSPS) is 23.9. The van der Waals surface area contributed by atoms with Gasteiger partial charge in [-0.1, -0.05) is 6.07 Å². The summed E-state index contributed by atoms with van der Waals surface area (Å²) in [6.45, 7) is 3.56. The van der Waals surface area contributed by atoms with E-state index in [1.807, 2.05) is 19.1 Å². The van der Waals surface area contributed by atoms with E-state index in [4.69, 9.17) is 19.9 Å². The van der Waals surface area contributed by atoms with Gasteiger partial charge < -0.3 is 24.8 Å². The van der Waals surface area contributed by atoms with Crippen LogP contribution in [0.4, 0.5) is 5.69 Å². The minimum Gasteiger partial charge on any atom is -0.496 e. The van der Waals surface area contributed by atoms with E-state index in [9.17, 15) is 0 Å². The molecule has 1 aromatic rings. The molecule has 2 unspecified atom stereocenters. The monoisotopic (exact) mass is 280 g/mol. The van der Waals surface area contributed by atoms with Gasteiger partial charge in [0.05, 0.1) is 7.11 Å². The number of hydrogen-bond donors (Lipinski definition) is 1. The summed E-state index contributed by atoms with van der Waals surface area (Å²) in [5.41, 5.74) is 8.25. The Morgan fingerprint density at radius 3 is 2.20 bits per heavy atom. The highest BCUT2D eigenvalue weighted by molar-refractivity contribution is 5.61. The van der Waals surface area contributed by atoms with Gasteiger partial charge in [-0.15, -0.1) is 0 Å². The Morgan fingerprint density at radius 2 is 1.75 bits per heavy atom. The fraction of sp³-hybridized carbons (Fsp3) is 0.600. The van der Waals surface area contributed by atoms with Crippen LogP contribution in [0.25, 0.3) is 0 Å². The number of nitrogens with zero attached hydrogens (tertiary/aromatic N) is 1. The lowest BCUT2D eigenvalue weighted by molar-refractivity contribution is -0.00461. The van der Waals surface area contributed by atoms with Crippen molar-refractivity contribution in [3.8, 4) is 5.75 Å². The van der Waals surface area contributed by atoms with Crippen molar-refractivity contribution in [3.05, 3.63) is 23.8 Å². The molecule has 0 radical (unpaired) electrons.